The maximum Gasteiger partial charge on any atom is 0.272 e. The minimum Gasteiger partial charge on any atom is -0.369 e. The third-order valence-corrected chi connectivity index (χ3v) is 6.02. The molecule has 0 saturated heterocycles. The molecule has 6 nitrogen and oxygen atoms in total. The molecule has 1 aliphatic heterocycles. The van der Waals surface area contributed by atoms with E-state index >= 15 is 0 Å². The predicted octanol–water partition coefficient (Wildman–Crippen LogP) is 3.70. The van der Waals surface area contributed by atoms with E-state index in [4.69, 9.17) is 5.73 Å². The first-order chi connectivity index (χ1) is 15.0. The van der Waals surface area contributed by atoms with Crippen molar-refractivity contribution in [2.75, 3.05) is 0 Å². The molecule has 0 saturated carbocycles. The van der Waals surface area contributed by atoms with Crippen LogP contribution in [0.2, 0.25) is 0 Å². The Kier molecular flexibility index (Phi) is 4.22. The van der Waals surface area contributed by atoms with Crippen LogP contribution in [0.1, 0.15) is 34.0 Å². The number of primary amides is 1. The fourth-order valence-electron chi connectivity index (χ4n) is 4.23. The lowest BCUT2D eigenvalue weighted by Gasteiger charge is -2.28. The average molecular weight is 408 g/mol. The van der Waals surface area contributed by atoms with Crippen LogP contribution in [0, 0.1) is 0 Å². The number of hydrogen-bond acceptors (Lipinski definition) is 3. The van der Waals surface area contributed by atoms with E-state index < -0.39 is 11.3 Å². The molecule has 5 rings (SSSR count). The second kappa shape index (κ2) is 6.95. The topological polar surface area (TPSA) is 100 Å². The van der Waals surface area contributed by atoms with Gasteiger partial charge in [-0.1, -0.05) is 60.7 Å². The summed E-state index contributed by atoms with van der Waals surface area (Å²) in [5.41, 5.74) is 12.6. The molecule has 1 unspecified atom stereocenters. The molecule has 1 aromatic heterocycles. The first kappa shape index (κ1) is 18.8. The number of amides is 2. The molecule has 4 aromatic rings. The van der Waals surface area contributed by atoms with E-state index in [1.165, 1.54) is 0 Å². The fraction of sp³-hybridized carbons (Fsp3) is 0.0800. The van der Waals surface area contributed by atoms with Gasteiger partial charge in [0.15, 0.2) is 0 Å². The average Bonchev–Trinajstić information content (AvgIpc) is 3.08. The molecule has 2 heterocycles. The van der Waals surface area contributed by atoms with Gasteiger partial charge in [-0.25, -0.2) is 5.43 Å². The van der Waals surface area contributed by atoms with E-state index in [1.807, 2.05) is 66.7 Å². The van der Waals surface area contributed by atoms with Gasteiger partial charge in [0.1, 0.15) is 0 Å². The maximum atomic E-state index is 12.9. The van der Waals surface area contributed by atoms with Gasteiger partial charge in [0.05, 0.1) is 22.9 Å². The molecule has 1 aliphatic rings. The molecule has 1 atom stereocenters. The predicted molar refractivity (Wildman–Crippen MR) is 121 cm³/mol. The second-order valence-corrected chi connectivity index (χ2v) is 7.78. The summed E-state index contributed by atoms with van der Waals surface area (Å²) in [6.45, 7) is 1.78. The van der Waals surface area contributed by atoms with Crippen molar-refractivity contribution in [2.24, 2.45) is 10.8 Å². The molecular formula is C25H20N4O2. The number of carbonyl (C=O) groups is 2. The Morgan fingerprint density at radius 3 is 2.32 bits per heavy atom. The first-order valence-electron chi connectivity index (χ1n) is 9.94. The van der Waals surface area contributed by atoms with Gasteiger partial charge in [-0.3, -0.25) is 9.59 Å². The zero-order chi connectivity index (χ0) is 21.6. The second-order valence-electron chi connectivity index (χ2n) is 7.78. The maximum absolute atomic E-state index is 12.9. The number of aromatic amines is 1. The highest BCUT2D eigenvalue weighted by atomic mass is 16.2. The molecule has 0 fully saturated rings. The molecule has 0 radical (unpaired) electrons. The molecule has 0 bridgehead atoms. The van der Waals surface area contributed by atoms with E-state index in [-0.39, 0.29) is 5.91 Å². The minimum atomic E-state index is -1.11. The van der Waals surface area contributed by atoms with Crippen molar-refractivity contribution in [2.45, 2.75) is 12.3 Å². The monoisotopic (exact) mass is 408 g/mol. The van der Waals surface area contributed by atoms with Crippen molar-refractivity contribution in [3.8, 4) is 11.3 Å². The lowest BCUT2D eigenvalue weighted by Crippen LogP contribution is -2.39. The van der Waals surface area contributed by atoms with Gasteiger partial charge in [0.25, 0.3) is 5.91 Å². The van der Waals surface area contributed by atoms with E-state index in [2.05, 4.69) is 15.5 Å². The molecule has 3 aromatic carbocycles. The number of carbonyl (C=O) groups excluding carboxylic acids is 2. The van der Waals surface area contributed by atoms with E-state index in [0.29, 0.717) is 11.1 Å². The smallest absolute Gasteiger partial charge is 0.272 e. The van der Waals surface area contributed by atoms with Crippen molar-refractivity contribution < 1.29 is 9.59 Å². The van der Waals surface area contributed by atoms with E-state index in [1.54, 1.807) is 19.2 Å². The summed E-state index contributed by atoms with van der Waals surface area (Å²) in [6.07, 6.45) is 1.65. The number of nitrogens with zero attached hydrogens (tertiary/aromatic N) is 1. The normalized spacial score (nSPS) is 14.7. The lowest BCUT2D eigenvalue weighted by molar-refractivity contribution is -0.121. The molecule has 2 amide bonds. The lowest BCUT2D eigenvalue weighted by atomic mass is 9.74. The molecule has 31 heavy (non-hydrogen) atoms. The number of nitrogens with two attached hydrogens (primary N) is 1. The molecular weight excluding hydrogens is 388 g/mol. The number of rotatable bonds is 4. The number of nitrogens with one attached hydrogen (secondary N) is 2. The Balaban J connectivity index is 1.83. The van der Waals surface area contributed by atoms with Crippen LogP contribution in [0.25, 0.3) is 22.2 Å². The Labute approximate surface area is 178 Å². The van der Waals surface area contributed by atoms with E-state index in [0.717, 1.165) is 33.3 Å². The third kappa shape index (κ3) is 2.84. The Bertz CT molecular complexity index is 1360. The third-order valence-electron chi connectivity index (χ3n) is 6.02. The molecule has 0 aliphatic carbocycles. The fourth-order valence-corrected chi connectivity index (χ4v) is 4.23. The zero-order valence-electron chi connectivity index (χ0n) is 16.8. The summed E-state index contributed by atoms with van der Waals surface area (Å²) in [6, 6.07) is 22.8. The van der Waals surface area contributed by atoms with Crippen LogP contribution in [0.4, 0.5) is 0 Å². The largest absolute Gasteiger partial charge is 0.369 e. The summed E-state index contributed by atoms with van der Waals surface area (Å²) in [5.74, 6) is -0.828. The van der Waals surface area contributed by atoms with Gasteiger partial charge in [-0.05, 0) is 35.7 Å². The SMILES string of the molecule is CC(C(N)=O)(c1ccccc1)c1cc2c3c(c(-c4ccccc4)[nH]c3c1)C=NNC2=O. The van der Waals surface area contributed by atoms with Crippen molar-refractivity contribution in [1.82, 2.24) is 10.4 Å². The highest BCUT2D eigenvalue weighted by Gasteiger charge is 2.37. The van der Waals surface area contributed by atoms with Crippen LogP contribution < -0.4 is 11.2 Å². The Morgan fingerprint density at radius 2 is 1.65 bits per heavy atom. The van der Waals surface area contributed by atoms with Crippen LogP contribution >= 0.6 is 0 Å². The number of hydrazone groups is 1. The summed E-state index contributed by atoms with van der Waals surface area (Å²) < 4.78 is 0. The first-order valence-corrected chi connectivity index (χ1v) is 9.94. The highest BCUT2D eigenvalue weighted by Crippen LogP contribution is 2.38. The number of benzene rings is 3. The standard InChI is InChI=1S/C25H20N4O2/c1-25(24(26)31,16-10-6-3-7-11-16)17-12-18-21-19(14-27-29-23(18)30)22(28-20(21)13-17)15-8-4-2-5-9-15/h2-14,28H,1H3,(H2,26,31)(H,29,30). The minimum absolute atomic E-state index is 0.333. The van der Waals surface area contributed by atoms with E-state index in [9.17, 15) is 9.59 Å². The van der Waals surface area contributed by atoms with Crippen LogP contribution in [0.15, 0.2) is 77.9 Å². The van der Waals surface area contributed by atoms with Gasteiger partial charge in [-0.15, -0.1) is 0 Å². The van der Waals surface area contributed by atoms with Crippen LogP contribution in [-0.2, 0) is 10.2 Å². The Hall–Kier alpha value is -4.19. The van der Waals surface area contributed by atoms with Gasteiger partial charge in [0, 0.05) is 16.5 Å². The summed E-state index contributed by atoms with van der Waals surface area (Å²) in [7, 11) is 0. The summed E-state index contributed by atoms with van der Waals surface area (Å²) in [4.78, 5) is 29.0. The summed E-state index contributed by atoms with van der Waals surface area (Å²) in [5, 5.41) is 4.86. The summed E-state index contributed by atoms with van der Waals surface area (Å²) >= 11 is 0. The van der Waals surface area contributed by atoms with Crippen molar-refractivity contribution in [3.63, 3.8) is 0 Å². The quantitative estimate of drug-likeness (QED) is 0.480. The van der Waals surface area contributed by atoms with Crippen LogP contribution in [-0.4, -0.2) is 23.0 Å². The zero-order valence-corrected chi connectivity index (χ0v) is 16.8. The molecule has 0 spiro atoms. The van der Waals surface area contributed by atoms with Crippen LogP contribution in [0.3, 0.4) is 0 Å². The number of aromatic nitrogens is 1. The van der Waals surface area contributed by atoms with Crippen molar-refractivity contribution in [3.05, 3.63) is 95.1 Å². The molecule has 152 valence electrons. The number of hydrogen-bond donors (Lipinski definition) is 3. The van der Waals surface area contributed by atoms with Crippen molar-refractivity contribution in [1.29, 1.82) is 0 Å². The highest BCUT2D eigenvalue weighted by molar-refractivity contribution is 6.17. The number of H-pyrrole nitrogens is 1. The van der Waals surface area contributed by atoms with Gasteiger partial charge in [-0.2, -0.15) is 5.10 Å². The molecule has 6 heteroatoms. The molecule has 4 N–H and O–H groups in total. The van der Waals surface area contributed by atoms with Crippen LogP contribution in [0.5, 0.6) is 0 Å². The van der Waals surface area contributed by atoms with Gasteiger partial charge in [0.2, 0.25) is 5.91 Å². The van der Waals surface area contributed by atoms with Gasteiger partial charge >= 0.3 is 0 Å². The van der Waals surface area contributed by atoms with Crippen molar-refractivity contribution >= 4 is 28.9 Å². The van der Waals surface area contributed by atoms with Gasteiger partial charge < -0.3 is 10.7 Å². The Morgan fingerprint density at radius 1 is 0.968 bits per heavy atom.